The first-order valence-corrected chi connectivity index (χ1v) is 8.31. The molecule has 3 rings (SSSR count). The van der Waals surface area contributed by atoms with Gasteiger partial charge < -0.3 is 0 Å². The van der Waals surface area contributed by atoms with Gasteiger partial charge in [0.1, 0.15) is 15.2 Å². The minimum atomic E-state index is -3.16. The highest BCUT2D eigenvalue weighted by molar-refractivity contribution is 7.93. The van der Waals surface area contributed by atoms with Gasteiger partial charge in [0.25, 0.3) is 0 Å². The number of rotatable bonds is 3. The molecule has 1 aromatic heterocycles. The van der Waals surface area contributed by atoms with Gasteiger partial charge in [0.2, 0.25) is 0 Å². The van der Waals surface area contributed by atoms with Crippen LogP contribution >= 0.6 is 11.3 Å². The standard InChI is InChI=1S/C12H13NO2S2/c13-6-8-4-5-12(16-8)17(14,15)7-11-9-2-1-3-10(9)11/h4-5,9-11H,1-3,7H2. The highest BCUT2D eigenvalue weighted by Crippen LogP contribution is 2.58. The Hall–Kier alpha value is -0.860. The third kappa shape index (κ3) is 1.90. The van der Waals surface area contributed by atoms with Crippen LogP contribution in [0.5, 0.6) is 0 Å². The van der Waals surface area contributed by atoms with Gasteiger partial charge in [0, 0.05) is 0 Å². The van der Waals surface area contributed by atoms with Gasteiger partial charge in [-0.2, -0.15) is 5.26 Å². The molecule has 2 aliphatic carbocycles. The Kier molecular flexibility index (Phi) is 2.53. The van der Waals surface area contributed by atoms with Gasteiger partial charge in [-0.15, -0.1) is 11.3 Å². The smallest absolute Gasteiger partial charge is 0.188 e. The van der Waals surface area contributed by atoms with Crippen LogP contribution in [0.4, 0.5) is 0 Å². The summed E-state index contributed by atoms with van der Waals surface area (Å²) in [6, 6.07) is 5.14. The molecule has 0 radical (unpaired) electrons. The molecular formula is C12H13NO2S2. The lowest BCUT2D eigenvalue weighted by atomic mass is 10.2. The fourth-order valence-electron chi connectivity index (χ4n) is 3.10. The molecule has 2 atom stereocenters. The number of hydrogen-bond donors (Lipinski definition) is 0. The second-order valence-corrected chi connectivity index (χ2v) is 8.28. The van der Waals surface area contributed by atoms with E-state index in [2.05, 4.69) is 0 Å². The highest BCUT2D eigenvalue weighted by Gasteiger charge is 2.53. The zero-order chi connectivity index (χ0) is 12.0. The third-order valence-corrected chi connectivity index (χ3v) is 7.36. The van der Waals surface area contributed by atoms with Gasteiger partial charge in [-0.25, -0.2) is 8.42 Å². The molecule has 90 valence electrons. The van der Waals surface area contributed by atoms with E-state index in [1.807, 2.05) is 6.07 Å². The number of nitriles is 1. The SMILES string of the molecule is N#Cc1ccc(S(=O)(=O)CC2C3CCCC32)s1. The number of hydrogen-bond acceptors (Lipinski definition) is 4. The minimum absolute atomic E-state index is 0.285. The van der Waals surface area contributed by atoms with Crippen LogP contribution in [-0.2, 0) is 9.84 Å². The first-order chi connectivity index (χ1) is 8.12. The molecule has 17 heavy (non-hydrogen) atoms. The molecule has 0 bridgehead atoms. The van der Waals surface area contributed by atoms with E-state index in [-0.39, 0.29) is 5.75 Å². The van der Waals surface area contributed by atoms with Gasteiger partial charge in [-0.3, -0.25) is 0 Å². The van der Waals surface area contributed by atoms with Gasteiger partial charge in [0.05, 0.1) is 5.75 Å². The van der Waals surface area contributed by atoms with Crippen LogP contribution in [0.3, 0.4) is 0 Å². The Balaban J connectivity index is 1.76. The second kappa shape index (κ2) is 3.82. The van der Waals surface area contributed by atoms with E-state index in [1.165, 1.54) is 19.3 Å². The number of nitrogens with zero attached hydrogens (tertiary/aromatic N) is 1. The Labute approximate surface area is 105 Å². The summed E-state index contributed by atoms with van der Waals surface area (Å²) < 4.78 is 24.6. The molecule has 0 saturated heterocycles. The molecule has 1 heterocycles. The monoisotopic (exact) mass is 267 g/mol. The zero-order valence-corrected chi connectivity index (χ0v) is 10.9. The fourth-order valence-corrected chi connectivity index (χ4v) is 6.06. The molecule has 0 aliphatic heterocycles. The summed E-state index contributed by atoms with van der Waals surface area (Å²) in [4.78, 5) is 0.472. The van der Waals surface area contributed by atoms with Crippen molar-refractivity contribution < 1.29 is 8.42 Å². The minimum Gasteiger partial charge on any atom is -0.223 e. The van der Waals surface area contributed by atoms with E-state index < -0.39 is 9.84 Å². The van der Waals surface area contributed by atoms with Gasteiger partial charge in [-0.1, -0.05) is 6.42 Å². The van der Waals surface area contributed by atoms with Crippen molar-refractivity contribution in [1.82, 2.24) is 0 Å². The van der Waals surface area contributed by atoms with Crippen molar-refractivity contribution in [3.63, 3.8) is 0 Å². The molecular weight excluding hydrogens is 254 g/mol. The van der Waals surface area contributed by atoms with E-state index in [4.69, 9.17) is 5.26 Å². The summed E-state index contributed by atoms with van der Waals surface area (Å²) in [6.07, 6.45) is 3.68. The molecule has 0 amide bonds. The van der Waals surface area contributed by atoms with Crippen LogP contribution in [0.2, 0.25) is 0 Å². The predicted octanol–water partition coefficient (Wildman–Crippen LogP) is 2.44. The van der Waals surface area contributed by atoms with Crippen molar-refractivity contribution in [2.45, 2.75) is 23.5 Å². The van der Waals surface area contributed by atoms with E-state index in [0.717, 1.165) is 11.3 Å². The van der Waals surface area contributed by atoms with Crippen LogP contribution in [0.25, 0.3) is 0 Å². The van der Waals surface area contributed by atoms with Crippen molar-refractivity contribution in [2.75, 3.05) is 5.75 Å². The van der Waals surface area contributed by atoms with Gasteiger partial charge in [0.15, 0.2) is 9.84 Å². The molecule has 2 fully saturated rings. The summed E-state index contributed by atoms with van der Waals surface area (Å²) >= 11 is 1.09. The normalized spacial score (nSPS) is 30.9. The molecule has 2 saturated carbocycles. The van der Waals surface area contributed by atoms with Gasteiger partial charge in [-0.05, 0) is 42.7 Å². The lowest BCUT2D eigenvalue weighted by Gasteiger charge is -2.03. The van der Waals surface area contributed by atoms with Crippen LogP contribution in [0.1, 0.15) is 24.1 Å². The molecule has 5 heteroatoms. The molecule has 0 spiro atoms. The summed E-state index contributed by atoms with van der Waals surface area (Å²) in [5.41, 5.74) is 0. The van der Waals surface area contributed by atoms with E-state index in [1.54, 1.807) is 12.1 Å². The summed E-state index contributed by atoms with van der Waals surface area (Å²) in [5.74, 6) is 2.01. The maximum Gasteiger partial charge on any atom is 0.188 e. The highest BCUT2D eigenvalue weighted by atomic mass is 32.2. The van der Waals surface area contributed by atoms with Crippen molar-refractivity contribution in [3.8, 4) is 6.07 Å². The lowest BCUT2D eigenvalue weighted by Crippen LogP contribution is -2.09. The largest absolute Gasteiger partial charge is 0.223 e. The maximum absolute atomic E-state index is 12.1. The first-order valence-electron chi connectivity index (χ1n) is 5.84. The van der Waals surface area contributed by atoms with Crippen LogP contribution < -0.4 is 0 Å². The summed E-state index contributed by atoms with van der Waals surface area (Å²) in [5, 5.41) is 8.71. The van der Waals surface area contributed by atoms with Crippen LogP contribution in [-0.4, -0.2) is 14.2 Å². The average molecular weight is 267 g/mol. The molecule has 3 nitrogen and oxygen atoms in total. The van der Waals surface area contributed by atoms with Crippen molar-refractivity contribution in [3.05, 3.63) is 17.0 Å². The molecule has 0 aromatic carbocycles. The third-order valence-electron chi connectivity index (χ3n) is 3.99. The maximum atomic E-state index is 12.1. The quantitative estimate of drug-likeness (QED) is 0.845. The van der Waals surface area contributed by atoms with E-state index in [0.29, 0.717) is 26.8 Å². The Morgan fingerprint density at radius 2 is 2.06 bits per heavy atom. The fraction of sp³-hybridized carbons (Fsp3) is 0.583. The number of fused-ring (bicyclic) bond motifs is 1. The molecule has 0 N–H and O–H groups in total. The Bertz CT molecular complexity index is 572. The lowest BCUT2D eigenvalue weighted by molar-refractivity contribution is 0.575. The van der Waals surface area contributed by atoms with Crippen molar-refractivity contribution in [2.24, 2.45) is 17.8 Å². The Morgan fingerprint density at radius 3 is 2.65 bits per heavy atom. The second-order valence-electron chi connectivity index (χ2n) is 4.93. The van der Waals surface area contributed by atoms with E-state index >= 15 is 0 Å². The van der Waals surface area contributed by atoms with Gasteiger partial charge >= 0.3 is 0 Å². The zero-order valence-electron chi connectivity index (χ0n) is 9.30. The van der Waals surface area contributed by atoms with Crippen LogP contribution in [0.15, 0.2) is 16.3 Å². The average Bonchev–Trinajstić information content (AvgIpc) is 2.83. The summed E-state index contributed by atoms with van der Waals surface area (Å²) in [6.45, 7) is 0. The number of thiophene rings is 1. The molecule has 1 aromatic rings. The Morgan fingerprint density at radius 1 is 1.35 bits per heavy atom. The van der Waals surface area contributed by atoms with Crippen LogP contribution in [0, 0.1) is 29.1 Å². The van der Waals surface area contributed by atoms with E-state index in [9.17, 15) is 8.42 Å². The molecule has 2 unspecified atom stereocenters. The summed E-state index contributed by atoms with van der Waals surface area (Å²) in [7, 11) is -3.16. The predicted molar refractivity (Wildman–Crippen MR) is 65.4 cm³/mol. The number of sulfone groups is 1. The molecule has 2 aliphatic rings. The van der Waals surface area contributed by atoms with Crippen molar-refractivity contribution in [1.29, 1.82) is 5.26 Å². The topological polar surface area (TPSA) is 57.9 Å². The first kappa shape index (κ1) is 11.2. The van der Waals surface area contributed by atoms with Crippen molar-refractivity contribution >= 4 is 21.2 Å².